The Morgan fingerprint density at radius 2 is 1.88 bits per heavy atom. The fourth-order valence-corrected chi connectivity index (χ4v) is 2.48. The summed E-state index contributed by atoms with van der Waals surface area (Å²) < 4.78 is 12.5. The van der Waals surface area contributed by atoms with Crippen molar-refractivity contribution in [2.45, 2.75) is 20.4 Å². The first-order chi connectivity index (χ1) is 11.5. The van der Waals surface area contributed by atoms with Crippen molar-refractivity contribution >= 4 is 35.6 Å². The van der Waals surface area contributed by atoms with Gasteiger partial charge in [-0.15, -0.1) is 24.0 Å². The average Bonchev–Trinajstić information content (AvgIpc) is 2.83. The van der Waals surface area contributed by atoms with Gasteiger partial charge in [0.25, 0.3) is 0 Å². The van der Waals surface area contributed by atoms with E-state index < -0.39 is 0 Å². The van der Waals surface area contributed by atoms with Crippen LogP contribution in [0.1, 0.15) is 17.0 Å². The molecule has 0 aliphatic carbocycles. The van der Waals surface area contributed by atoms with E-state index in [0.717, 1.165) is 17.1 Å². The first-order valence-corrected chi connectivity index (χ1v) is 7.69. The van der Waals surface area contributed by atoms with Crippen molar-refractivity contribution in [2.75, 3.05) is 26.6 Å². The molecule has 0 saturated carbocycles. The Balaban J connectivity index is 0.00000312. The second-order valence-electron chi connectivity index (χ2n) is 5.39. The molecule has 2 aromatic rings. The number of hydrogen-bond acceptors (Lipinski definition) is 4. The van der Waals surface area contributed by atoms with Gasteiger partial charge in [-0.1, -0.05) is 0 Å². The summed E-state index contributed by atoms with van der Waals surface area (Å²) in [5.74, 6) is 2.02. The number of halogens is 1. The lowest BCUT2D eigenvalue weighted by molar-refractivity contribution is 0.355. The molecular weight excluding hydrogens is 433 g/mol. The van der Waals surface area contributed by atoms with E-state index in [9.17, 15) is 0 Å². The predicted octanol–water partition coefficient (Wildman–Crippen LogP) is 2.86. The van der Waals surface area contributed by atoms with Crippen LogP contribution in [0.5, 0.6) is 11.5 Å². The van der Waals surface area contributed by atoms with Crippen molar-refractivity contribution in [3.8, 4) is 11.5 Å². The van der Waals surface area contributed by atoms with E-state index >= 15 is 0 Å². The summed E-state index contributed by atoms with van der Waals surface area (Å²) >= 11 is 0. The number of rotatable bonds is 5. The summed E-state index contributed by atoms with van der Waals surface area (Å²) in [7, 11) is 6.91. The van der Waals surface area contributed by atoms with Crippen LogP contribution in [0.3, 0.4) is 0 Å². The van der Waals surface area contributed by atoms with Crippen LogP contribution in [0.2, 0.25) is 0 Å². The van der Waals surface area contributed by atoms with Crippen LogP contribution in [-0.4, -0.2) is 37.0 Å². The van der Waals surface area contributed by atoms with Gasteiger partial charge in [0, 0.05) is 43.7 Å². The molecule has 1 aromatic heterocycles. The zero-order valence-electron chi connectivity index (χ0n) is 15.5. The van der Waals surface area contributed by atoms with Gasteiger partial charge >= 0.3 is 0 Å². The smallest absolute Gasteiger partial charge is 0.195 e. The van der Waals surface area contributed by atoms with Gasteiger partial charge in [-0.25, -0.2) is 0 Å². The molecule has 138 valence electrons. The topological polar surface area (TPSA) is 72.7 Å². The summed E-state index contributed by atoms with van der Waals surface area (Å²) in [6, 6.07) is 5.63. The summed E-state index contributed by atoms with van der Waals surface area (Å²) in [5.41, 5.74) is 4.19. The third-order valence-electron chi connectivity index (χ3n) is 3.96. The van der Waals surface area contributed by atoms with E-state index in [2.05, 4.69) is 27.6 Å². The number of ether oxygens (including phenoxy) is 2. The molecule has 0 amide bonds. The molecule has 8 heteroatoms. The molecule has 0 bridgehead atoms. The molecule has 0 aliphatic rings. The van der Waals surface area contributed by atoms with Crippen LogP contribution in [0.25, 0.3) is 0 Å². The molecule has 7 nitrogen and oxygen atoms in total. The molecule has 0 fully saturated rings. The van der Waals surface area contributed by atoms with Gasteiger partial charge in [0.1, 0.15) is 0 Å². The molecule has 2 N–H and O–H groups in total. The van der Waals surface area contributed by atoms with Crippen molar-refractivity contribution in [3.05, 3.63) is 35.2 Å². The number of hydrogen-bond donors (Lipinski definition) is 2. The molecule has 0 atom stereocenters. The van der Waals surface area contributed by atoms with Crippen molar-refractivity contribution in [1.29, 1.82) is 0 Å². The van der Waals surface area contributed by atoms with E-state index in [0.29, 0.717) is 24.0 Å². The molecule has 0 spiro atoms. The Morgan fingerprint density at radius 1 is 1.20 bits per heavy atom. The van der Waals surface area contributed by atoms with Crippen LogP contribution in [0.4, 0.5) is 5.69 Å². The number of benzene rings is 1. The lowest BCUT2D eigenvalue weighted by Crippen LogP contribution is -2.30. The number of aryl methyl sites for hydroxylation is 2. The van der Waals surface area contributed by atoms with Crippen LogP contribution in [-0.2, 0) is 13.6 Å². The van der Waals surface area contributed by atoms with Crippen molar-refractivity contribution < 1.29 is 9.47 Å². The molecule has 0 saturated heterocycles. The van der Waals surface area contributed by atoms with Crippen molar-refractivity contribution in [3.63, 3.8) is 0 Å². The first-order valence-electron chi connectivity index (χ1n) is 7.69. The minimum atomic E-state index is 0. The highest BCUT2D eigenvalue weighted by Crippen LogP contribution is 2.29. The fourth-order valence-electron chi connectivity index (χ4n) is 2.48. The number of aliphatic imine (C=N–C) groups is 1. The van der Waals surface area contributed by atoms with Gasteiger partial charge < -0.3 is 20.1 Å². The SMILES string of the molecule is CN=C(NCc1c(C)nn(C)c1C)Nc1ccc(OC)c(OC)c1.I. The molecular formula is C17H26IN5O2. The number of anilines is 1. The highest BCUT2D eigenvalue weighted by Gasteiger charge is 2.10. The number of nitrogens with one attached hydrogen (secondary N) is 2. The maximum atomic E-state index is 5.32. The number of aromatic nitrogens is 2. The van der Waals surface area contributed by atoms with Gasteiger partial charge in [0.05, 0.1) is 19.9 Å². The van der Waals surface area contributed by atoms with Gasteiger partial charge in [-0.2, -0.15) is 5.10 Å². The zero-order chi connectivity index (χ0) is 17.7. The summed E-state index contributed by atoms with van der Waals surface area (Å²) in [6.45, 7) is 4.72. The van der Waals surface area contributed by atoms with E-state index in [1.54, 1.807) is 21.3 Å². The van der Waals surface area contributed by atoms with Crippen LogP contribution < -0.4 is 20.1 Å². The minimum Gasteiger partial charge on any atom is -0.493 e. The lowest BCUT2D eigenvalue weighted by atomic mass is 10.2. The zero-order valence-corrected chi connectivity index (χ0v) is 17.8. The lowest BCUT2D eigenvalue weighted by Gasteiger charge is -2.14. The Kier molecular flexibility index (Phi) is 8.01. The third-order valence-corrected chi connectivity index (χ3v) is 3.96. The van der Waals surface area contributed by atoms with Gasteiger partial charge in [-0.05, 0) is 26.0 Å². The van der Waals surface area contributed by atoms with Crippen molar-refractivity contribution in [1.82, 2.24) is 15.1 Å². The van der Waals surface area contributed by atoms with E-state index in [1.165, 1.54) is 5.56 Å². The maximum absolute atomic E-state index is 5.32. The van der Waals surface area contributed by atoms with E-state index in [-0.39, 0.29) is 24.0 Å². The van der Waals surface area contributed by atoms with Gasteiger partial charge in [0.15, 0.2) is 17.5 Å². The molecule has 0 aliphatic heterocycles. The molecule has 0 unspecified atom stereocenters. The molecule has 25 heavy (non-hydrogen) atoms. The van der Waals surface area contributed by atoms with E-state index in [4.69, 9.17) is 9.47 Å². The van der Waals surface area contributed by atoms with Crippen LogP contribution >= 0.6 is 24.0 Å². The second-order valence-corrected chi connectivity index (χ2v) is 5.39. The number of nitrogens with zero attached hydrogens (tertiary/aromatic N) is 3. The minimum absolute atomic E-state index is 0. The summed E-state index contributed by atoms with van der Waals surface area (Å²) in [6.07, 6.45) is 0. The monoisotopic (exact) mass is 459 g/mol. The normalized spacial score (nSPS) is 10.9. The predicted molar refractivity (Wildman–Crippen MR) is 111 cm³/mol. The maximum Gasteiger partial charge on any atom is 0.195 e. The molecule has 0 radical (unpaired) electrons. The van der Waals surface area contributed by atoms with Gasteiger partial charge in [0.2, 0.25) is 0 Å². The Morgan fingerprint density at radius 3 is 2.40 bits per heavy atom. The quantitative estimate of drug-likeness (QED) is 0.409. The van der Waals surface area contributed by atoms with Gasteiger partial charge in [-0.3, -0.25) is 9.67 Å². The van der Waals surface area contributed by atoms with Crippen molar-refractivity contribution in [2.24, 2.45) is 12.0 Å². The number of methoxy groups -OCH3 is 2. The summed E-state index contributed by atoms with van der Waals surface area (Å²) in [4.78, 5) is 4.26. The number of guanidine groups is 1. The molecule has 1 aromatic carbocycles. The second kappa shape index (κ2) is 9.50. The molecule has 1 heterocycles. The Bertz CT molecular complexity index is 743. The average molecular weight is 459 g/mol. The molecule has 2 rings (SSSR count). The van der Waals surface area contributed by atoms with E-state index in [1.807, 2.05) is 36.9 Å². The third kappa shape index (κ3) is 5.00. The van der Waals surface area contributed by atoms with Crippen LogP contribution in [0.15, 0.2) is 23.2 Å². The Hall–Kier alpha value is -1.97. The summed E-state index contributed by atoms with van der Waals surface area (Å²) in [5, 5.41) is 11.0. The fraction of sp³-hybridized carbons (Fsp3) is 0.412. The highest BCUT2D eigenvalue weighted by molar-refractivity contribution is 14.0. The standard InChI is InChI=1S/C17H25N5O2.HI/c1-11-14(12(2)22(4)21-11)10-19-17(18-3)20-13-7-8-15(23-5)16(9-13)24-6;/h7-9H,10H2,1-6H3,(H2,18,19,20);1H. The van der Waals surface area contributed by atoms with Crippen LogP contribution in [0, 0.1) is 13.8 Å². The first kappa shape index (κ1) is 21.1. The largest absolute Gasteiger partial charge is 0.493 e. The Labute approximate surface area is 165 Å². The highest BCUT2D eigenvalue weighted by atomic mass is 127.